The van der Waals surface area contributed by atoms with Crippen molar-refractivity contribution >= 4 is 5.78 Å². The molecule has 4 heteroatoms. The number of Topliss-reactive ketones (excluding diaryl/α,β-unsaturated/α-hetero) is 1. The van der Waals surface area contributed by atoms with Gasteiger partial charge in [-0.25, -0.2) is 0 Å². The van der Waals surface area contributed by atoms with Gasteiger partial charge in [-0.3, -0.25) is 9.69 Å². The van der Waals surface area contributed by atoms with Gasteiger partial charge in [-0.05, 0) is 12.1 Å². The van der Waals surface area contributed by atoms with Crippen LogP contribution in [0.2, 0.25) is 0 Å². The summed E-state index contributed by atoms with van der Waals surface area (Å²) >= 11 is 0. The summed E-state index contributed by atoms with van der Waals surface area (Å²) in [5, 5.41) is 8.67. The first-order chi connectivity index (χ1) is 8.29. The fraction of sp³-hybridized carbons (Fsp3) is 0.385. The normalized spacial score (nSPS) is 16.4. The van der Waals surface area contributed by atoms with E-state index in [1.165, 1.54) is 0 Å². The molecule has 0 atom stereocenters. The van der Waals surface area contributed by atoms with Crippen molar-refractivity contribution in [1.82, 2.24) is 4.90 Å². The molecule has 0 bridgehead atoms. The highest BCUT2D eigenvalue weighted by molar-refractivity contribution is 5.97. The lowest BCUT2D eigenvalue weighted by molar-refractivity contribution is 0.0371. The molecule has 0 saturated carbocycles. The van der Waals surface area contributed by atoms with Crippen LogP contribution in [0.1, 0.15) is 15.9 Å². The molecule has 0 aliphatic carbocycles. The second kappa shape index (κ2) is 5.58. The number of carbonyl (C=O) groups excluding carboxylic acids is 1. The van der Waals surface area contributed by atoms with Gasteiger partial charge in [0.25, 0.3) is 0 Å². The van der Waals surface area contributed by atoms with Gasteiger partial charge in [0.05, 0.1) is 31.4 Å². The van der Waals surface area contributed by atoms with Gasteiger partial charge in [-0.1, -0.05) is 12.1 Å². The number of nitriles is 1. The molecule has 0 amide bonds. The third-order valence-electron chi connectivity index (χ3n) is 2.81. The van der Waals surface area contributed by atoms with E-state index in [9.17, 15) is 4.79 Å². The van der Waals surface area contributed by atoms with Crippen molar-refractivity contribution in [3.63, 3.8) is 0 Å². The monoisotopic (exact) mass is 230 g/mol. The zero-order chi connectivity index (χ0) is 12.1. The molecule has 1 aliphatic rings. The van der Waals surface area contributed by atoms with Crippen molar-refractivity contribution in [2.75, 3.05) is 32.8 Å². The average Bonchev–Trinajstić information content (AvgIpc) is 2.40. The maximum Gasteiger partial charge on any atom is 0.176 e. The Hall–Kier alpha value is -1.70. The van der Waals surface area contributed by atoms with Crippen LogP contribution in [0.5, 0.6) is 0 Å². The quantitative estimate of drug-likeness (QED) is 0.729. The first-order valence-corrected chi connectivity index (χ1v) is 5.63. The van der Waals surface area contributed by atoms with E-state index >= 15 is 0 Å². The largest absolute Gasteiger partial charge is 0.379 e. The number of ketones is 1. The molecule has 88 valence electrons. The van der Waals surface area contributed by atoms with Crippen LogP contribution in [0.25, 0.3) is 0 Å². The van der Waals surface area contributed by atoms with E-state index in [2.05, 4.69) is 4.90 Å². The molecule has 4 nitrogen and oxygen atoms in total. The van der Waals surface area contributed by atoms with E-state index in [1.54, 1.807) is 24.3 Å². The summed E-state index contributed by atoms with van der Waals surface area (Å²) in [5.74, 6) is 0.0939. The van der Waals surface area contributed by atoms with Crippen molar-refractivity contribution in [3.05, 3.63) is 35.4 Å². The van der Waals surface area contributed by atoms with Crippen molar-refractivity contribution in [2.45, 2.75) is 0 Å². The maximum absolute atomic E-state index is 11.9. The second-order valence-corrected chi connectivity index (χ2v) is 4.00. The van der Waals surface area contributed by atoms with Crippen molar-refractivity contribution in [2.24, 2.45) is 0 Å². The summed E-state index contributed by atoms with van der Waals surface area (Å²) in [5.41, 5.74) is 1.24. The van der Waals surface area contributed by atoms with Gasteiger partial charge >= 0.3 is 0 Å². The predicted octanol–water partition coefficient (Wildman–Crippen LogP) is 1.07. The molecule has 0 unspecified atom stereocenters. The van der Waals surface area contributed by atoms with Crippen LogP contribution in [0.15, 0.2) is 24.3 Å². The SMILES string of the molecule is N#Cc1ccc(C(=O)CN2CCOCC2)cc1. The van der Waals surface area contributed by atoms with E-state index in [4.69, 9.17) is 10.00 Å². The number of carbonyl (C=O) groups is 1. The number of ether oxygens (including phenoxy) is 1. The van der Waals surface area contributed by atoms with Crippen LogP contribution in [0.4, 0.5) is 0 Å². The molecule has 0 N–H and O–H groups in total. The van der Waals surface area contributed by atoms with Crippen molar-refractivity contribution in [3.8, 4) is 6.07 Å². The van der Waals surface area contributed by atoms with Gasteiger partial charge < -0.3 is 4.74 Å². The molecule has 1 saturated heterocycles. The van der Waals surface area contributed by atoms with E-state index < -0.39 is 0 Å². The molecule has 2 rings (SSSR count). The molecule has 1 aliphatic heterocycles. The zero-order valence-electron chi connectivity index (χ0n) is 9.56. The highest BCUT2D eigenvalue weighted by Gasteiger charge is 2.15. The summed E-state index contributed by atoms with van der Waals surface area (Å²) in [6.07, 6.45) is 0. The minimum absolute atomic E-state index is 0.0939. The third-order valence-corrected chi connectivity index (χ3v) is 2.81. The van der Waals surface area contributed by atoms with Gasteiger partial charge in [-0.2, -0.15) is 5.26 Å². The lowest BCUT2D eigenvalue weighted by atomic mass is 10.1. The molecular formula is C13H14N2O2. The lowest BCUT2D eigenvalue weighted by Gasteiger charge is -2.25. The molecule has 1 fully saturated rings. The molecule has 1 aromatic rings. The van der Waals surface area contributed by atoms with E-state index in [0.717, 1.165) is 13.1 Å². The fourth-order valence-corrected chi connectivity index (χ4v) is 1.78. The number of benzene rings is 1. The highest BCUT2D eigenvalue weighted by atomic mass is 16.5. The summed E-state index contributed by atoms with van der Waals surface area (Å²) in [7, 11) is 0. The minimum atomic E-state index is 0.0939. The van der Waals surface area contributed by atoms with Crippen LogP contribution in [-0.2, 0) is 4.74 Å². The summed E-state index contributed by atoms with van der Waals surface area (Å²) in [6.45, 7) is 3.43. The summed E-state index contributed by atoms with van der Waals surface area (Å²) in [6, 6.07) is 8.80. The van der Waals surface area contributed by atoms with Crippen LogP contribution < -0.4 is 0 Å². The van der Waals surface area contributed by atoms with Crippen LogP contribution in [0.3, 0.4) is 0 Å². The lowest BCUT2D eigenvalue weighted by Crippen LogP contribution is -2.39. The minimum Gasteiger partial charge on any atom is -0.379 e. The Bertz CT molecular complexity index is 428. The second-order valence-electron chi connectivity index (χ2n) is 4.00. The smallest absolute Gasteiger partial charge is 0.176 e. The van der Waals surface area contributed by atoms with E-state index in [-0.39, 0.29) is 5.78 Å². The summed E-state index contributed by atoms with van der Waals surface area (Å²) < 4.78 is 5.23. The van der Waals surface area contributed by atoms with Gasteiger partial charge in [0, 0.05) is 18.7 Å². The van der Waals surface area contributed by atoms with Crippen LogP contribution in [0, 0.1) is 11.3 Å². The Balaban J connectivity index is 1.96. The molecule has 1 aromatic carbocycles. The predicted molar refractivity (Wildman–Crippen MR) is 62.7 cm³/mol. The van der Waals surface area contributed by atoms with Gasteiger partial charge in [0.1, 0.15) is 0 Å². The first kappa shape index (κ1) is 11.8. The van der Waals surface area contributed by atoms with Crippen molar-refractivity contribution in [1.29, 1.82) is 5.26 Å². The van der Waals surface area contributed by atoms with E-state index in [1.807, 2.05) is 6.07 Å². The number of rotatable bonds is 3. The third kappa shape index (κ3) is 3.13. The van der Waals surface area contributed by atoms with Gasteiger partial charge in [0.15, 0.2) is 5.78 Å². The molecular weight excluding hydrogens is 216 g/mol. The number of hydrogen-bond acceptors (Lipinski definition) is 4. The zero-order valence-corrected chi connectivity index (χ0v) is 9.56. The average molecular weight is 230 g/mol. The van der Waals surface area contributed by atoms with E-state index in [0.29, 0.717) is 30.9 Å². The Morgan fingerprint density at radius 2 is 1.94 bits per heavy atom. The molecule has 0 radical (unpaired) electrons. The van der Waals surface area contributed by atoms with Crippen LogP contribution in [-0.4, -0.2) is 43.5 Å². The number of hydrogen-bond donors (Lipinski definition) is 0. The maximum atomic E-state index is 11.9. The first-order valence-electron chi connectivity index (χ1n) is 5.63. The standard InChI is InChI=1S/C13H14N2O2/c14-9-11-1-3-12(4-2-11)13(16)10-15-5-7-17-8-6-15/h1-4H,5-8,10H2. The Kier molecular flexibility index (Phi) is 3.86. The van der Waals surface area contributed by atoms with Gasteiger partial charge in [0.2, 0.25) is 0 Å². The van der Waals surface area contributed by atoms with Gasteiger partial charge in [-0.15, -0.1) is 0 Å². The molecule has 17 heavy (non-hydrogen) atoms. The Morgan fingerprint density at radius 1 is 1.29 bits per heavy atom. The Morgan fingerprint density at radius 3 is 2.53 bits per heavy atom. The highest BCUT2D eigenvalue weighted by Crippen LogP contribution is 2.06. The number of morpholine rings is 1. The fourth-order valence-electron chi connectivity index (χ4n) is 1.78. The molecule has 0 spiro atoms. The molecule has 0 aromatic heterocycles. The summed E-state index contributed by atoms with van der Waals surface area (Å²) in [4.78, 5) is 14.0. The number of nitrogens with zero attached hydrogens (tertiary/aromatic N) is 2. The molecule has 1 heterocycles. The Labute approximate surface area is 100 Å². The van der Waals surface area contributed by atoms with Crippen LogP contribution >= 0.6 is 0 Å². The van der Waals surface area contributed by atoms with Crippen molar-refractivity contribution < 1.29 is 9.53 Å². The topological polar surface area (TPSA) is 53.3 Å².